The molecule has 168 valence electrons. The second-order valence-corrected chi connectivity index (χ2v) is 9.75. The number of nitrogens with zero attached hydrogens (tertiary/aromatic N) is 2. The number of hydrogen-bond acceptors (Lipinski definition) is 5. The predicted molar refractivity (Wildman–Crippen MR) is 124 cm³/mol. The maximum Gasteiger partial charge on any atom is 0.251 e. The Labute approximate surface area is 185 Å². The Balaban J connectivity index is 1.47. The molecule has 1 aliphatic rings. The number of nitrogens with one attached hydrogen (secondary N) is 2. The molecule has 0 aromatic heterocycles. The Hall–Kier alpha value is -2.42. The van der Waals surface area contributed by atoms with Gasteiger partial charge in [-0.1, -0.05) is 18.2 Å². The number of carbonyl (C=O) groups excluding carboxylic acids is 1. The summed E-state index contributed by atoms with van der Waals surface area (Å²) >= 11 is 0. The van der Waals surface area contributed by atoms with Crippen LogP contribution in [0.3, 0.4) is 0 Å². The lowest BCUT2D eigenvalue weighted by Crippen LogP contribution is -2.47. The summed E-state index contributed by atoms with van der Waals surface area (Å²) in [4.78, 5) is 17.5. The molecule has 0 aliphatic carbocycles. The number of amides is 1. The summed E-state index contributed by atoms with van der Waals surface area (Å²) in [6.07, 6.45) is 0.851. The summed E-state index contributed by atoms with van der Waals surface area (Å²) in [7, 11) is -2.24. The highest BCUT2D eigenvalue weighted by molar-refractivity contribution is 7.89. The van der Waals surface area contributed by atoms with Crippen LogP contribution in [0.4, 0.5) is 5.69 Å². The summed E-state index contributed by atoms with van der Waals surface area (Å²) in [5.74, 6) is -0.246. The van der Waals surface area contributed by atoms with Crippen LogP contribution < -0.4 is 14.9 Å². The van der Waals surface area contributed by atoms with Gasteiger partial charge in [0.2, 0.25) is 10.0 Å². The summed E-state index contributed by atoms with van der Waals surface area (Å²) in [5, 5.41) is 2.93. The Morgan fingerprint density at radius 1 is 1.03 bits per heavy atom. The molecule has 0 bridgehead atoms. The molecule has 2 N–H and O–H groups in total. The number of sulfonamides is 1. The quantitative estimate of drug-likeness (QED) is 0.610. The molecule has 31 heavy (non-hydrogen) atoms. The molecule has 1 fully saturated rings. The number of rotatable bonds is 8. The lowest BCUT2D eigenvalue weighted by molar-refractivity contribution is 0.0951. The van der Waals surface area contributed by atoms with E-state index in [0.29, 0.717) is 17.7 Å². The van der Waals surface area contributed by atoms with Crippen LogP contribution in [0, 0.1) is 13.8 Å². The largest absolute Gasteiger partial charge is 0.369 e. The molecule has 1 saturated heterocycles. The average Bonchev–Trinajstić information content (AvgIpc) is 2.79. The molecule has 0 radical (unpaired) electrons. The maximum atomic E-state index is 12.6. The van der Waals surface area contributed by atoms with Gasteiger partial charge in [0.25, 0.3) is 5.91 Å². The minimum Gasteiger partial charge on any atom is -0.369 e. The topological polar surface area (TPSA) is 81.7 Å². The molecule has 7 nitrogen and oxygen atoms in total. The number of aryl methyl sites for hydroxylation is 1. The number of para-hydroxylation sites is 1. The van der Waals surface area contributed by atoms with Gasteiger partial charge in [-0.05, 0) is 69.3 Å². The summed E-state index contributed by atoms with van der Waals surface area (Å²) in [6.45, 7) is 9.06. The lowest BCUT2D eigenvalue weighted by atomic mass is 10.1. The fraction of sp³-hybridized carbons (Fsp3) is 0.435. The van der Waals surface area contributed by atoms with Crippen LogP contribution in [0.2, 0.25) is 0 Å². The molecule has 1 heterocycles. The highest BCUT2D eigenvalue weighted by Gasteiger charge is 2.20. The SMILES string of the molecule is CNS(=O)(=O)c1cc(C(=O)NCCCN2CCN(c3ccccc3)CC2)cc(C)c1C. The Morgan fingerprint density at radius 3 is 2.35 bits per heavy atom. The van der Waals surface area contributed by atoms with Gasteiger partial charge < -0.3 is 10.2 Å². The van der Waals surface area contributed by atoms with E-state index in [4.69, 9.17) is 0 Å². The van der Waals surface area contributed by atoms with E-state index in [-0.39, 0.29) is 10.8 Å². The molecule has 1 aliphatic heterocycles. The van der Waals surface area contributed by atoms with Crippen LogP contribution in [0.5, 0.6) is 0 Å². The van der Waals surface area contributed by atoms with Crippen molar-refractivity contribution in [3.05, 3.63) is 59.2 Å². The van der Waals surface area contributed by atoms with Crippen molar-refractivity contribution in [1.82, 2.24) is 14.9 Å². The summed E-state index contributed by atoms with van der Waals surface area (Å²) in [6, 6.07) is 13.6. The van der Waals surface area contributed by atoms with Crippen LogP contribution in [0.1, 0.15) is 27.9 Å². The highest BCUT2D eigenvalue weighted by Crippen LogP contribution is 2.21. The van der Waals surface area contributed by atoms with Crippen LogP contribution in [0.15, 0.2) is 47.4 Å². The number of anilines is 1. The second-order valence-electron chi connectivity index (χ2n) is 7.90. The van der Waals surface area contributed by atoms with Crippen LogP contribution in [-0.2, 0) is 10.0 Å². The predicted octanol–water partition coefficient (Wildman–Crippen LogP) is 2.15. The first-order valence-electron chi connectivity index (χ1n) is 10.7. The van der Waals surface area contributed by atoms with Crippen LogP contribution in [-0.4, -0.2) is 65.5 Å². The second kappa shape index (κ2) is 10.3. The fourth-order valence-corrected chi connectivity index (χ4v) is 4.89. The molecule has 8 heteroatoms. The first kappa shape index (κ1) is 23.2. The summed E-state index contributed by atoms with van der Waals surface area (Å²) < 4.78 is 26.8. The maximum absolute atomic E-state index is 12.6. The summed E-state index contributed by atoms with van der Waals surface area (Å²) in [5.41, 5.74) is 3.06. The number of hydrogen-bond donors (Lipinski definition) is 2. The molecule has 1 amide bonds. The van der Waals surface area contributed by atoms with Crippen molar-refractivity contribution >= 4 is 21.6 Å². The molecule has 0 spiro atoms. The fourth-order valence-electron chi connectivity index (χ4n) is 3.82. The van der Waals surface area contributed by atoms with E-state index >= 15 is 0 Å². The zero-order chi connectivity index (χ0) is 22.4. The average molecular weight is 445 g/mol. The van der Waals surface area contributed by atoms with Crippen LogP contribution >= 0.6 is 0 Å². The van der Waals surface area contributed by atoms with Gasteiger partial charge in [0.05, 0.1) is 4.90 Å². The van der Waals surface area contributed by atoms with Crippen LogP contribution in [0.25, 0.3) is 0 Å². The van der Waals surface area contributed by atoms with Gasteiger partial charge in [-0.2, -0.15) is 0 Å². The molecule has 0 saturated carbocycles. The Kier molecular flexibility index (Phi) is 7.69. The number of carbonyl (C=O) groups is 1. The standard InChI is InChI=1S/C23H32N4O3S/c1-18-16-20(17-22(19(18)2)31(29,30)24-3)23(28)25-10-7-11-26-12-14-27(15-13-26)21-8-5-4-6-9-21/h4-6,8-9,16-17,24H,7,10-15H2,1-3H3,(H,25,28). The van der Waals surface area contributed by atoms with E-state index in [9.17, 15) is 13.2 Å². The highest BCUT2D eigenvalue weighted by atomic mass is 32.2. The van der Waals surface area contributed by atoms with Crippen molar-refractivity contribution in [2.24, 2.45) is 0 Å². The van der Waals surface area contributed by atoms with E-state index in [1.807, 2.05) is 13.0 Å². The third kappa shape index (κ3) is 5.84. The third-order valence-electron chi connectivity index (χ3n) is 5.87. The lowest BCUT2D eigenvalue weighted by Gasteiger charge is -2.36. The van der Waals surface area contributed by atoms with Gasteiger partial charge in [-0.15, -0.1) is 0 Å². The van der Waals surface area contributed by atoms with E-state index < -0.39 is 10.0 Å². The van der Waals surface area contributed by atoms with Gasteiger partial charge >= 0.3 is 0 Å². The van der Waals surface area contributed by atoms with Crippen molar-refractivity contribution in [2.45, 2.75) is 25.2 Å². The minimum absolute atomic E-state index is 0.149. The Morgan fingerprint density at radius 2 is 1.71 bits per heavy atom. The first-order valence-corrected chi connectivity index (χ1v) is 12.2. The van der Waals surface area contributed by atoms with Crippen molar-refractivity contribution in [3.8, 4) is 0 Å². The van der Waals surface area contributed by atoms with Gasteiger partial charge in [0.15, 0.2) is 0 Å². The smallest absolute Gasteiger partial charge is 0.251 e. The van der Waals surface area contributed by atoms with Gasteiger partial charge in [-0.3, -0.25) is 9.69 Å². The molecule has 0 atom stereocenters. The molecular formula is C23H32N4O3S. The zero-order valence-corrected chi connectivity index (χ0v) is 19.3. The Bertz CT molecular complexity index is 1000. The normalized spacial score (nSPS) is 15.1. The molecular weight excluding hydrogens is 412 g/mol. The minimum atomic E-state index is -3.61. The van der Waals surface area contributed by atoms with Crippen molar-refractivity contribution < 1.29 is 13.2 Å². The first-order chi connectivity index (χ1) is 14.8. The zero-order valence-electron chi connectivity index (χ0n) is 18.5. The van der Waals surface area contributed by atoms with Crippen molar-refractivity contribution in [1.29, 1.82) is 0 Å². The number of benzene rings is 2. The number of piperazine rings is 1. The van der Waals surface area contributed by atoms with Crippen molar-refractivity contribution in [2.75, 3.05) is 51.2 Å². The van der Waals surface area contributed by atoms with E-state index in [1.54, 1.807) is 13.0 Å². The third-order valence-corrected chi connectivity index (χ3v) is 7.41. The monoisotopic (exact) mass is 444 g/mol. The molecule has 2 aromatic carbocycles. The van der Waals surface area contributed by atoms with E-state index in [2.05, 4.69) is 44.1 Å². The van der Waals surface area contributed by atoms with Gasteiger partial charge in [0, 0.05) is 44.0 Å². The van der Waals surface area contributed by atoms with Gasteiger partial charge in [0.1, 0.15) is 0 Å². The molecule has 2 aromatic rings. The van der Waals surface area contributed by atoms with Crippen molar-refractivity contribution in [3.63, 3.8) is 0 Å². The van der Waals surface area contributed by atoms with Gasteiger partial charge in [-0.25, -0.2) is 13.1 Å². The molecule has 3 rings (SSSR count). The molecule has 0 unspecified atom stereocenters. The van der Waals surface area contributed by atoms with E-state index in [0.717, 1.165) is 44.7 Å². The van der Waals surface area contributed by atoms with E-state index in [1.165, 1.54) is 18.8 Å².